The Morgan fingerprint density at radius 1 is 1.15 bits per heavy atom. The number of rotatable bonds is 8. The number of carboxylic acids is 1. The van der Waals surface area contributed by atoms with Crippen molar-refractivity contribution in [2.75, 3.05) is 26.3 Å². The molecule has 0 aromatic heterocycles. The Morgan fingerprint density at radius 2 is 1.77 bits per heavy atom. The Kier molecular flexibility index (Phi) is 7.90. The summed E-state index contributed by atoms with van der Waals surface area (Å²) in [6.45, 7) is 1.78. The second kappa shape index (κ2) is 9.50. The second-order valence-electron chi connectivity index (χ2n) is 7.25. The quantitative estimate of drug-likeness (QED) is 0.635. The molecule has 2 aliphatic rings. The zero-order valence-corrected chi connectivity index (χ0v) is 15.7. The number of aliphatic carboxylic acids is 1. The van der Waals surface area contributed by atoms with E-state index in [0.29, 0.717) is 38.6 Å². The van der Waals surface area contributed by atoms with Gasteiger partial charge in [0.2, 0.25) is 0 Å². The van der Waals surface area contributed by atoms with E-state index in [-0.39, 0.29) is 19.3 Å². The van der Waals surface area contributed by atoms with Crippen LogP contribution in [-0.2, 0) is 20.5 Å². The standard InChI is InChI=1S/C17H28F3NO4S/c18-17(19,20)7-3-1-2-4-14-5-10-21(11-6-14)26(24)16(15(22)23)8-12-25-13-9-16/h14H,1-13H2,(H,22,23). The smallest absolute Gasteiger partial charge is 0.389 e. The normalized spacial score (nSPS) is 23.7. The summed E-state index contributed by atoms with van der Waals surface area (Å²) in [6.07, 6.45) is -0.221. The number of carbonyl (C=O) groups is 1. The molecule has 0 amide bonds. The minimum Gasteiger partial charge on any atom is -0.480 e. The molecule has 1 unspecified atom stereocenters. The zero-order valence-electron chi connectivity index (χ0n) is 14.9. The van der Waals surface area contributed by atoms with Crippen molar-refractivity contribution in [1.29, 1.82) is 0 Å². The third-order valence-electron chi connectivity index (χ3n) is 5.41. The van der Waals surface area contributed by atoms with Crippen molar-refractivity contribution in [3.8, 4) is 0 Å². The van der Waals surface area contributed by atoms with Crippen LogP contribution in [-0.4, -0.2) is 56.8 Å². The summed E-state index contributed by atoms with van der Waals surface area (Å²) >= 11 is 0. The van der Waals surface area contributed by atoms with E-state index in [0.717, 1.165) is 25.7 Å². The molecular formula is C17H28F3NO4S. The molecule has 0 aromatic carbocycles. The van der Waals surface area contributed by atoms with Crippen LogP contribution < -0.4 is 0 Å². The number of ether oxygens (including phenoxy) is 1. The van der Waals surface area contributed by atoms with Crippen molar-refractivity contribution in [3.63, 3.8) is 0 Å². The fourth-order valence-electron chi connectivity index (χ4n) is 3.71. The van der Waals surface area contributed by atoms with E-state index in [9.17, 15) is 27.3 Å². The lowest BCUT2D eigenvalue weighted by Crippen LogP contribution is -2.54. The van der Waals surface area contributed by atoms with Gasteiger partial charge in [-0.05, 0) is 38.0 Å². The van der Waals surface area contributed by atoms with Gasteiger partial charge >= 0.3 is 12.1 Å². The summed E-state index contributed by atoms with van der Waals surface area (Å²) in [6, 6.07) is 0. The van der Waals surface area contributed by atoms with Gasteiger partial charge in [-0.25, -0.2) is 8.51 Å². The van der Waals surface area contributed by atoms with E-state index < -0.39 is 34.3 Å². The first-order valence-corrected chi connectivity index (χ1v) is 10.4. The molecule has 0 spiro atoms. The molecule has 152 valence electrons. The summed E-state index contributed by atoms with van der Waals surface area (Å²) in [5.74, 6) is -0.601. The predicted octanol–water partition coefficient (Wildman–Crippen LogP) is 3.51. The number of hydrogen-bond donors (Lipinski definition) is 1. The molecule has 0 bridgehead atoms. The molecule has 0 aliphatic carbocycles. The molecule has 26 heavy (non-hydrogen) atoms. The average molecular weight is 399 g/mol. The maximum atomic E-state index is 12.9. The molecule has 1 N–H and O–H groups in total. The Balaban J connectivity index is 1.73. The summed E-state index contributed by atoms with van der Waals surface area (Å²) in [4.78, 5) is 11.7. The summed E-state index contributed by atoms with van der Waals surface area (Å²) in [7, 11) is -1.59. The van der Waals surface area contributed by atoms with Crippen LogP contribution in [0.5, 0.6) is 0 Å². The van der Waals surface area contributed by atoms with Crippen molar-refractivity contribution >= 4 is 17.0 Å². The number of piperidine rings is 1. The van der Waals surface area contributed by atoms with E-state index in [2.05, 4.69) is 0 Å². The van der Waals surface area contributed by atoms with Crippen molar-refractivity contribution in [1.82, 2.24) is 4.31 Å². The number of hydrogen-bond acceptors (Lipinski definition) is 3. The fourth-order valence-corrected chi connectivity index (χ4v) is 5.41. The van der Waals surface area contributed by atoms with Crippen LogP contribution in [0, 0.1) is 5.92 Å². The largest absolute Gasteiger partial charge is 0.480 e. The molecule has 2 rings (SSSR count). The Hall–Kier alpha value is -0.670. The Morgan fingerprint density at radius 3 is 2.31 bits per heavy atom. The van der Waals surface area contributed by atoms with Crippen LogP contribution in [0.15, 0.2) is 0 Å². The van der Waals surface area contributed by atoms with Gasteiger partial charge in [0.1, 0.15) is 11.0 Å². The molecule has 9 heteroatoms. The van der Waals surface area contributed by atoms with E-state index in [1.54, 1.807) is 4.31 Å². The maximum Gasteiger partial charge on any atom is 0.389 e. The SMILES string of the molecule is O=C(O)C1(S(=O)N2CCC(CCCCCC(F)(F)F)CC2)CCOCC1. The van der Waals surface area contributed by atoms with Gasteiger partial charge in [-0.1, -0.05) is 19.3 Å². The van der Waals surface area contributed by atoms with Gasteiger partial charge in [0.15, 0.2) is 4.75 Å². The van der Waals surface area contributed by atoms with Gasteiger partial charge in [0.25, 0.3) is 0 Å². The fraction of sp³-hybridized carbons (Fsp3) is 0.941. The highest BCUT2D eigenvalue weighted by atomic mass is 32.2. The molecule has 0 saturated carbocycles. The van der Waals surface area contributed by atoms with Gasteiger partial charge in [-0.3, -0.25) is 4.79 Å². The predicted molar refractivity (Wildman–Crippen MR) is 92.0 cm³/mol. The van der Waals surface area contributed by atoms with Gasteiger partial charge in [0.05, 0.1) is 0 Å². The maximum absolute atomic E-state index is 12.9. The third kappa shape index (κ3) is 5.92. The molecular weight excluding hydrogens is 371 g/mol. The minimum atomic E-state index is -4.07. The van der Waals surface area contributed by atoms with E-state index >= 15 is 0 Å². The van der Waals surface area contributed by atoms with Crippen LogP contribution >= 0.6 is 0 Å². The van der Waals surface area contributed by atoms with Crippen LogP contribution in [0.4, 0.5) is 13.2 Å². The Labute approximate surface area is 154 Å². The lowest BCUT2D eigenvalue weighted by molar-refractivity contribution is -0.142. The number of halogens is 3. The van der Waals surface area contributed by atoms with Gasteiger partial charge in [-0.15, -0.1) is 0 Å². The number of carboxylic acid groups (broad SMARTS) is 1. The third-order valence-corrected chi connectivity index (χ3v) is 7.49. The molecule has 2 saturated heterocycles. The lowest BCUT2D eigenvalue weighted by Gasteiger charge is -2.39. The number of unbranched alkanes of at least 4 members (excludes halogenated alkanes) is 2. The highest BCUT2D eigenvalue weighted by Crippen LogP contribution is 2.33. The van der Waals surface area contributed by atoms with Crippen molar-refractivity contribution in [2.45, 2.75) is 68.7 Å². The van der Waals surface area contributed by atoms with Crippen LogP contribution in [0.1, 0.15) is 57.8 Å². The minimum absolute atomic E-state index is 0.176. The summed E-state index contributed by atoms with van der Waals surface area (Å²) < 4.78 is 55.0. The van der Waals surface area contributed by atoms with E-state index in [4.69, 9.17) is 4.74 Å². The highest BCUT2D eigenvalue weighted by Gasteiger charge is 2.48. The van der Waals surface area contributed by atoms with Gasteiger partial charge in [-0.2, -0.15) is 13.2 Å². The molecule has 1 atom stereocenters. The first-order valence-electron chi connectivity index (χ1n) is 9.29. The van der Waals surface area contributed by atoms with Crippen molar-refractivity contribution in [2.24, 2.45) is 5.92 Å². The number of alkyl halides is 3. The van der Waals surface area contributed by atoms with Crippen LogP contribution in [0.25, 0.3) is 0 Å². The molecule has 0 aromatic rings. The van der Waals surface area contributed by atoms with E-state index in [1.807, 2.05) is 0 Å². The molecule has 2 heterocycles. The van der Waals surface area contributed by atoms with Crippen molar-refractivity contribution < 1.29 is 32.0 Å². The Bertz CT molecular complexity index is 487. The van der Waals surface area contributed by atoms with Crippen molar-refractivity contribution in [3.05, 3.63) is 0 Å². The molecule has 5 nitrogen and oxygen atoms in total. The summed E-state index contributed by atoms with van der Waals surface area (Å²) in [5, 5.41) is 9.61. The topological polar surface area (TPSA) is 66.8 Å². The zero-order chi connectivity index (χ0) is 19.2. The van der Waals surface area contributed by atoms with Gasteiger partial charge in [0, 0.05) is 32.7 Å². The first-order chi connectivity index (χ1) is 12.2. The summed E-state index contributed by atoms with van der Waals surface area (Å²) in [5.41, 5.74) is 0. The second-order valence-corrected chi connectivity index (χ2v) is 9.04. The average Bonchev–Trinajstić information content (AvgIpc) is 2.61. The molecule has 0 radical (unpaired) electrons. The highest BCUT2D eigenvalue weighted by molar-refractivity contribution is 7.85. The molecule has 2 aliphatic heterocycles. The first kappa shape index (κ1) is 21.6. The van der Waals surface area contributed by atoms with E-state index in [1.165, 1.54) is 0 Å². The van der Waals surface area contributed by atoms with Crippen LogP contribution in [0.2, 0.25) is 0 Å². The number of nitrogens with zero attached hydrogens (tertiary/aromatic N) is 1. The molecule has 2 fully saturated rings. The van der Waals surface area contributed by atoms with Crippen LogP contribution in [0.3, 0.4) is 0 Å². The van der Waals surface area contributed by atoms with Gasteiger partial charge < -0.3 is 9.84 Å². The monoisotopic (exact) mass is 399 g/mol. The lowest BCUT2D eigenvalue weighted by atomic mass is 9.92.